The minimum Gasteiger partial charge on any atom is -0.465 e. The number of benzene rings is 2. The van der Waals surface area contributed by atoms with E-state index in [4.69, 9.17) is 32.5 Å². The Morgan fingerprint density at radius 2 is 1.92 bits per heavy atom. The van der Waals surface area contributed by atoms with E-state index in [1.54, 1.807) is 0 Å². The van der Waals surface area contributed by atoms with Crippen molar-refractivity contribution in [3.05, 3.63) is 69.5 Å². The zero-order valence-corrected chi connectivity index (χ0v) is 23.9. The maximum atomic E-state index is 12.2. The zero-order chi connectivity index (χ0) is 27.3. The fourth-order valence-electron chi connectivity index (χ4n) is 5.86. The zero-order valence-electron chi connectivity index (χ0n) is 22.4. The molecule has 1 saturated heterocycles. The van der Waals surface area contributed by atoms with E-state index in [9.17, 15) is 4.79 Å². The van der Waals surface area contributed by atoms with E-state index in [2.05, 4.69) is 34.0 Å². The highest BCUT2D eigenvalue weighted by Crippen LogP contribution is 2.46. The second-order valence-electron chi connectivity index (χ2n) is 10.7. The number of hydrogen-bond acceptors (Lipinski definition) is 6. The topological polar surface area (TPSA) is 63.7 Å². The average molecular weight is 568 g/mol. The number of hydrogen-bond donors (Lipinski definition) is 0. The van der Waals surface area contributed by atoms with Crippen molar-refractivity contribution in [1.82, 2.24) is 14.6 Å². The summed E-state index contributed by atoms with van der Waals surface area (Å²) in [6, 6.07) is 12.2. The van der Waals surface area contributed by atoms with E-state index >= 15 is 0 Å². The van der Waals surface area contributed by atoms with Crippen molar-refractivity contribution in [3.63, 3.8) is 0 Å². The van der Waals surface area contributed by atoms with Gasteiger partial charge in [0.15, 0.2) is 0 Å². The molecule has 39 heavy (non-hydrogen) atoms. The molecule has 0 unspecified atom stereocenters. The van der Waals surface area contributed by atoms with Crippen molar-refractivity contribution in [2.45, 2.75) is 38.1 Å². The number of nitrogens with zero attached hydrogens (tertiary/aromatic N) is 4. The van der Waals surface area contributed by atoms with Crippen LogP contribution in [0.1, 0.15) is 47.4 Å². The van der Waals surface area contributed by atoms with Crippen LogP contribution in [-0.4, -0.2) is 59.9 Å². The Morgan fingerprint density at radius 1 is 1.15 bits per heavy atom. The fraction of sp³-hybridized carbons (Fsp3) is 0.400. The molecule has 0 spiro atoms. The molecule has 3 heterocycles. The fourth-order valence-corrected chi connectivity index (χ4v) is 6.44. The molecule has 2 aromatic carbocycles. The first-order chi connectivity index (χ1) is 18.9. The van der Waals surface area contributed by atoms with Crippen LogP contribution in [0.4, 0.5) is 5.69 Å². The number of aromatic nitrogens is 2. The molecule has 2 fully saturated rings. The summed E-state index contributed by atoms with van der Waals surface area (Å²) in [6.45, 7) is 6.00. The van der Waals surface area contributed by atoms with Crippen LogP contribution < -0.4 is 4.90 Å². The van der Waals surface area contributed by atoms with Crippen LogP contribution in [0.15, 0.2) is 47.1 Å². The summed E-state index contributed by atoms with van der Waals surface area (Å²) in [5.41, 5.74) is 5.46. The minimum atomic E-state index is -0.312. The van der Waals surface area contributed by atoms with Crippen LogP contribution in [0.2, 0.25) is 10.0 Å². The third-order valence-electron chi connectivity index (χ3n) is 8.07. The molecule has 1 saturated carbocycles. The van der Waals surface area contributed by atoms with Crippen molar-refractivity contribution in [2.24, 2.45) is 7.05 Å². The number of carbonyl (C=O) groups is 1. The smallest absolute Gasteiger partial charge is 0.340 e. The summed E-state index contributed by atoms with van der Waals surface area (Å²) < 4.78 is 12.8. The molecule has 0 radical (unpaired) electrons. The van der Waals surface area contributed by atoms with Crippen LogP contribution in [-0.2, 0) is 18.2 Å². The Hall–Kier alpha value is -3.00. The summed E-state index contributed by atoms with van der Waals surface area (Å²) in [5, 5.41) is 6.55. The SMILES string of the molecule is COC(=O)c1cn(C)c2cc(N3CCN(CCc4c(-c5c(Cl)cccc5Cl)noc4C4CC4)C[C@@H]3C)ccc12. The lowest BCUT2D eigenvalue weighted by molar-refractivity contribution is 0.0602. The molecule has 1 aliphatic heterocycles. The second kappa shape index (κ2) is 10.5. The molecule has 204 valence electrons. The number of halogens is 2. The lowest BCUT2D eigenvalue weighted by Crippen LogP contribution is -2.52. The Kier molecular flexibility index (Phi) is 7.08. The molecule has 0 bridgehead atoms. The van der Waals surface area contributed by atoms with Gasteiger partial charge >= 0.3 is 5.97 Å². The van der Waals surface area contributed by atoms with E-state index in [-0.39, 0.29) is 5.97 Å². The summed E-state index contributed by atoms with van der Waals surface area (Å²) >= 11 is 13.1. The second-order valence-corrected chi connectivity index (χ2v) is 11.5. The van der Waals surface area contributed by atoms with Crippen LogP contribution in [0.25, 0.3) is 22.2 Å². The number of carbonyl (C=O) groups excluding carboxylic acids is 1. The molecular weight excluding hydrogens is 535 g/mol. The number of methoxy groups -OCH3 is 1. The normalized spacial score (nSPS) is 18.2. The highest BCUT2D eigenvalue weighted by atomic mass is 35.5. The third-order valence-corrected chi connectivity index (χ3v) is 8.70. The van der Waals surface area contributed by atoms with E-state index in [1.807, 2.05) is 42.1 Å². The van der Waals surface area contributed by atoms with Gasteiger partial charge in [-0.3, -0.25) is 4.90 Å². The molecule has 2 aliphatic rings. The van der Waals surface area contributed by atoms with Gasteiger partial charge in [0.25, 0.3) is 0 Å². The van der Waals surface area contributed by atoms with Gasteiger partial charge in [-0.1, -0.05) is 34.4 Å². The quantitative estimate of drug-likeness (QED) is 0.236. The van der Waals surface area contributed by atoms with E-state index < -0.39 is 0 Å². The third kappa shape index (κ3) is 4.92. The average Bonchev–Trinajstić information content (AvgIpc) is 3.61. The van der Waals surface area contributed by atoms with Crippen molar-refractivity contribution in [2.75, 3.05) is 38.2 Å². The van der Waals surface area contributed by atoms with E-state index in [1.165, 1.54) is 7.11 Å². The summed E-state index contributed by atoms with van der Waals surface area (Å²) in [5.74, 6) is 1.13. The van der Waals surface area contributed by atoms with Crippen molar-refractivity contribution in [1.29, 1.82) is 0 Å². The first-order valence-corrected chi connectivity index (χ1v) is 14.2. The number of fused-ring (bicyclic) bond motifs is 1. The summed E-state index contributed by atoms with van der Waals surface area (Å²) in [7, 11) is 3.38. The van der Waals surface area contributed by atoms with E-state index in [0.29, 0.717) is 27.6 Å². The minimum absolute atomic E-state index is 0.312. The number of ether oxygens (including phenoxy) is 1. The molecule has 4 aromatic rings. The van der Waals surface area contributed by atoms with Gasteiger partial charge in [-0.15, -0.1) is 0 Å². The van der Waals surface area contributed by atoms with Crippen molar-refractivity contribution >= 4 is 45.8 Å². The summed E-state index contributed by atoms with van der Waals surface area (Å²) in [6.07, 6.45) is 4.96. The van der Waals surface area contributed by atoms with Gasteiger partial charge in [-0.2, -0.15) is 0 Å². The molecule has 0 N–H and O–H groups in total. The highest BCUT2D eigenvalue weighted by molar-refractivity contribution is 6.39. The van der Waals surface area contributed by atoms with Crippen molar-refractivity contribution < 1.29 is 14.1 Å². The lowest BCUT2D eigenvalue weighted by Gasteiger charge is -2.41. The number of anilines is 1. The van der Waals surface area contributed by atoms with Crippen LogP contribution >= 0.6 is 23.2 Å². The Labute approximate surface area is 238 Å². The summed E-state index contributed by atoms with van der Waals surface area (Å²) in [4.78, 5) is 17.1. The van der Waals surface area contributed by atoms with Crippen molar-refractivity contribution in [3.8, 4) is 11.3 Å². The first kappa shape index (κ1) is 26.2. The van der Waals surface area contributed by atoms with Crippen LogP contribution in [0.5, 0.6) is 0 Å². The molecule has 0 amide bonds. The molecule has 7 nitrogen and oxygen atoms in total. The highest BCUT2D eigenvalue weighted by Gasteiger charge is 2.34. The van der Waals surface area contributed by atoms with Gasteiger partial charge < -0.3 is 18.7 Å². The van der Waals surface area contributed by atoms with Gasteiger partial charge in [0, 0.05) is 73.6 Å². The lowest BCUT2D eigenvalue weighted by atomic mass is 10.0. The maximum absolute atomic E-state index is 12.2. The molecular formula is C30H32Cl2N4O3. The van der Waals surface area contributed by atoms with Gasteiger partial charge in [-0.05, 0) is 56.5 Å². The van der Waals surface area contributed by atoms with Gasteiger partial charge in [-0.25, -0.2) is 4.79 Å². The predicted molar refractivity (Wildman–Crippen MR) is 155 cm³/mol. The predicted octanol–water partition coefficient (Wildman–Crippen LogP) is 6.56. The van der Waals surface area contributed by atoms with E-state index in [0.717, 1.165) is 84.6 Å². The molecule has 1 aliphatic carbocycles. The maximum Gasteiger partial charge on any atom is 0.340 e. The van der Waals surface area contributed by atoms with Gasteiger partial charge in [0.2, 0.25) is 0 Å². The number of aryl methyl sites for hydroxylation is 1. The number of piperazine rings is 1. The van der Waals surface area contributed by atoms with Crippen LogP contribution in [0, 0.1) is 0 Å². The Bertz CT molecular complexity index is 1520. The number of esters is 1. The standard InChI is InChI=1S/C30H32Cl2N4O3/c1-18-16-35(13-14-36(18)20-9-10-21-23(30(37)38-3)17-34(2)26(21)15-20)12-11-22-28(33-39-29(22)19-7-8-19)27-24(31)5-4-6-25(27)32/h4-6,9-10,15,17-19H,7-8,11-14,16H2,1-3H3/t18-/m0/s1. The molecule has 6 rings (SSSR count). The Balaban J connectivity index is 1.17. The molecule has 1 atom stereocenters. The molecule has 9 heteroatoms. The first-order valence-electron chi connectivity index (χ1n) is 13.4. The van der Waals surface area contributed by atoms with Crippen LogP contribution in [0.3, 0.4) is 0 Å². The Morgan fingerprint density at radius 3 is 2.62 bits per heavy atom. The number of rotatable bonds is 7. The molecule has 2 aromatic heterocycles. The van der Waals surface area contributed by atoms with Gasteiger partial charge in [0.05, 0.1) is 28.2 Å². The largest absolute Gasteiger partial charge is 0.465 e. The monoisotopic (exact) mass is 566 g/mol. The van der Waals surface area contributed by atoms with Gasteiger partial charge in [0.1, 0.15) is 11.5 Å².